The molecule has 0 bridgehead atoms. The van der Waals surface area contributed by atoms with E-state index in [-0.39, 0.29) is 17.8 Å². The Bertz CT molecular complexity index is 1770. The summed E-state index contributed by atoms with van der Waals surface area (Å²) in [6.07, 6.45) is 0.646. The summed E-state index contributed by atoms with van der Waals surface area (Å²) in [6, 6.07) is 14.8. The molecule has 0 aliphatic carbocycles. The number of rotatable bonds is 5. The Labute approximate surface area is 235 Å². The van der Waals surface area contributed by atoms with Gasteiger partial charge in [-0.15, -0.1) is 11.3 Å². The first kappa shape index (κ1) is 24.9. The Morgan fingerprint density at radius 1 is 1.05 bits per heavy atom. The van der Waals surface area contributed by atoms with Gasteiger partial charge in [-0.2, -0.15) is 5.10 Å². The summed E-state index contributed by atoms with van der Waals surface area (Å²) < 4.78 is 23.6. The number of aromatic nitrogens is 3. The van der Waals surface area contributed by atoms with Crippen molar-refractivity contribution in [3.05, 3.63) is 76.5 Å². The van der Waals surface area contributed by atoms with E-state index in [9.17, 15) is 9.18 Å². The van der Waals surface area contributed by atoms with Crippen LogP contribution in [0.5, 0.6) is 5.75 Å². The van der Waals surface area contributed by atoms with Crippen LogP contribution in [-0.2, 0) is 19.5 Å². The van der Waals surface area contributed by atoms with Crippen molar-refractivity contribution in [2.24, 2.45) is 0 Å². The second kappa shape index (κ2) is 9.83. The Morgan fingerprint density at radius 3 is 2.77 bits per heavy atom. The van der Waals surface area contributed by atoms with Crippen LogP contribution in [0, 0.1) is 5.82 Å². The summed E-state index contributed by atoms with van der Waals surface area (Å²) in [5, 5.41) is 14.4. The van der Waals surface area contributed by atoms with Crippen molar-refractivity contribution in [1.82, 2.24) is 25.4 Å². The van der Waals surface area contributed by atoms with E-state index in [0.29, 0.717) is 17.9 Å². The lowest BCUT2D eigenvalue weighted by Crippen LogP contribution is -2.31. The van der Waals surface area contributed by atoms with E-state index in [2.05, 4.69) is 34.2 Å². The molecule has 5 heterocycles. The van der Waals surface area contributed by atoms with Gasteiger partial charge in [0.05, 0.1) is 24.0 Å². The van der Waals surface area contributed by atoms with Crippen LogP contribution in [0.25, 0.3) is 43.9 Å². The fourth-order valence-corrected chi connectivity index (χ4v) is 6.57. The van der Waals surface area contributed by atoms with Gasteiger partial charge in [-0.3, -0.25) is 9.48 Å². The Morgan fingerprint density at radius 2 is 1.93 bits per heavy atom. The number of pyridine rings is 1. The van der Waals surface area contributed by atoms with Crippen molar-refractivity contribution in [2.75, 3.05) is 13.1 Å². The number of nitrogens with one attached hydrogen (secondary N) is 2. The van der Waals surface area contributed by atoms with Crippen molar-refractivity contribution in [3.8, 4) is 39.5 Å². The van der Waals surface area contributed by atoms with E-state index in [1.54, 1.807) is 17.4 Å². The normalized spacial score (nSPS) is 14.8. The summed E-state index contributed by atoms with van der Waals surface area (Å²) in [7, 11) is 0. The molecule has 0 atom stereocenters. The molecule has 40 heavy (non-hydrogen) atoms. The summed E-state index contributed by atoms with van der Waals surface area (Å²) in [5.74, 6) is 0.0872. The van der Waals surface area contributed by atoms with E-state index in [4.69, 9.17) is 14.8 Å². The molecular formula is C31H28FN5O2S. The number of thiophene rings is 1. The number of ether oxygens (including phenoxy) is 1. The van der Waals surface area contributed by atoms with Gasteiger partial charge in [0.1, 0.15) is 23.0 Å². The van der Waals surface area contributed by atoms with Crippen LogP contribution in [0.15, 0.2) is 53.9 Å². The molecule has 5 aromatic rings. The van der Waals surface area contributed by atoms with Crippen LogP contribution >= 0.6 is 11.3 Å². The lowest BCUT2D eigenvalue weighted by Gasteiger charge is -2.19. The Kier molecular flexibility index (Phi) is 6.13. The molecule has 0 fully saturated rings. The van der Waals surface area contributed by atoms with E-state index in [1.165, 1.54) is 12.1 Å². The highest BCUT2D eigenvalue weighted by Gasteiger charge is 2.26. The second-order valence-electron chi connectivity index (χ2n) is 10.5. The van der Waals surface area contributed by atoms with Crippen LogP contribution in [0.3, 0.4) is 0 Å². The summed E-state index contributed by atoms with van der Waals surface area (Å²) in [6.45, 7) is 6.87. The van der Waals surface area contributed by atoms with Crippen molar-refractivity contribution >= 4 is 27.3 Å². The predicted molar refractivity (Wildman–Crippen MR) is 155 cm³/mol. The van der Waals surface area contributed by atoms with Gasteiger partial charge in [-0.25, -0.2) is 9.37 Å². The number of halogens is 1. The fraction of sp³-hybridized carbons (Fsp3) is 0.258. The van der Waals surface area contributed by atoms with Gasteiger partial charge in [0.25, 0.3) is 5.91 Å². The van der Waals surface area contributed by atoms with E-state index < -0.39 is 0 Å². The summed E-state index contributed by atoms with van der Waals surface area (Å²) in [4.78, 5) is 17.7. The third-order valence-electron chi connectivity index (χ3n) is 7.40. The maximum Gasteiger partial charge on any atom is 0.251 e. The number of carbonyl (C=O) groups excluding carboxylic acids is 1. The van der Waals surface area contributed by atoms with Crippen molar-refractivity contribution in [1.29, 1.82) is 0 Å². The first-order valence-electron chi connectivity index (χ1n) is 13.5. The molecule has 0 spiro atoms. The standard InChI is InChI=1S/C31H28FN5O2S/c1-17(2)39-26-14-20(32)4-6-23(26)27-29(25-15-21-16-33-10-11-37(21)36-25)35-28(24-8-12-40-30(24)27)19-3-5-22-18(13-19)7-9-34-31(22)38/h3-6,8,12-15,17,33H,7,9-11,16H2,1-2H3,(H,34,38). The maximum absolute atomic E-state index is 14.5. The SMILES string of the molecule is CC(C)Oc1cc(F)ccc1-c1c(-c2cc3n(n2)CCNC3)nc(-c2ccc3c(c2)CCNC3=O)c2ccsc12. The van der Waals surface area contributed by atoms with Gasteiger partial charge >= 0.3 is 0 Å². The molecule has 1 amide bonds. The largest absolute Gasteiger partial charge is 0.490 e. The van der Waals surface area contributed by atoms with Crippen LogP contribution < -0.4 is 15.4 Å². The first-order valence-corrected chi connectivity index (χ1v) is 14.4. The Hall–Kier alpha value is -4.08. The molecule has 9 heteroatoms. The first-order chi connectivity index (χ1) is 19.5. The molecule has 2 N–H and O–H groups in total. The zero-order valence-corrected chi connectivity index (χ0v) is 23.1. The average molecular weight is 554 g/mol. The lowest BCUT2D eigenvalue weighted by atomic mass is 9.94. The maximum atomic E-state index is 14.5. The molecule has 0 unspecified atom stereocenters. The topological polar surface area (TPSA) is 81.1 Å². The highest BCUT2D eigenvalue weighted by Crippen LogP contribution is 2.46. The van der Waals surface area contributed by atoms with Gasteiger partial charge in [0.15, 0.2) is 0 Å². The zero-order chi connectivity index (χ0) is 27.4. The molecule has 0 saturated carbocycles. The minimum absolute atomic E-state index is 0.0383. The number of nitrogens with zero attached hydrogens (tertiary/aromatic N) is 3. The van der Waals surface area contributed by atoms with Crippen LogP contribution in [0.1, 0.15) is 35.5 Å². The quantitative estimate of drug-likeness (QED) is 0.287. The summed E-state index contributed by atoms with van der Waals surface area (Å²) in [5.41, 5.74) is 7.77. The van der Waals surface area contributed by atoms with E-state index in [1.807, 2.05) is 30.7 Å². The number of hydrogen-bond donors (Lipinski definition) is 2. The molecule has 0 radical (unpaired) electrons. The number of benzene rings is 2. The van der Waals surface area contributed by atoms with Gasteiger partial charge in [0.2, 0.25) is 0 Å². The smallest absolute Gasteiger partial charge is 0.251 e. The molecular weight excluding hydrogens is 525 g/mol. The van der Waals surface area contributed by atoms with E-state index >= 15 is 0 Å². The van der Waals surface area contributed by atoms with Crippen LogP contribution in [0.2, 0.25) is 0 Å². The lowest BCUT2D eigenvalue weighted by molar-refractivity contribution is 0.0946. The van der Waals surface area contributed by atoms with E-state index in [0.717, 1.165) is 81.2 Å². The van der Waals surface area contributed by atoms with Gasteiger partial charge in [-0.1, -0.05) is 6.07 Å². The number of carbonyl (C=O) groups is 1. The van der Waals surface area contributed by atoms with Gasteiger partial charge in [-0.05, 0) is 67.6 Å². The molecule has 7 nitrogen and oxygen atoms in total. The summed E-state index contributed by atoms with van der Waals surface area (Å²) >= 11 is 1.62. The van der Waals surface area contributed by atoms with Crippen molar-refractivity contribution in [2.45, 2.75) is 39.5 Å². The Balaban J connectivity index is 1.51. The minimum atomic E-state index is -0.352. The molecule has 0 saturated heterocycles. The molecule has 2 aliphatic rings. The predicted octanol–water partition coefficient (Wildman–Crippen LogP) is 5.81. The fourth-order valence-electron chi connectivity index (χ4n) is 5.62. The molecule has 3 aromatic heterocycles. The third-order valence-corrected chi connectivity index (χ3v) is 8.33. The number of amides is 1. The highest BCUT2D eigenvalue weighted by atomic mass is 32.1. The third kappa shape index (κ3) is 4.26. The number of hydrogen-bond acceptors (Lipinski definition) is 6. The molecule has 2 aromatic carbocycles. The van der Waals surface area contributed by atoms with Gasteiger partial charge < -0.3 is 15.4 Å². The van der Waals surface area contributed by atoms with Crippen molar-refractivity contribution in [3.63, 3.8) is 0 Å². The zero-order valence-electron chi connectivity index (χ0n) is 22.3. The molecule has 202 valence electrons. The average Bonchev–Trinajstić information content (AvgIpc) is 3.60. The molecule has 2 aliphatic heterocycles. The van der Waals surface area contributed by atoms with Crippen molar-refractivity contribution < 1.29 is 13.9 Å². The highest BCUT2D eigenvalue weighted by molar-refractivity contribution is 7.18. The second-order valence-corrected chi connectivity index (χ2v) is 11.4. The molecule has 7 rings (SSSR count). The monoisotopic (exact) mass is 553 g/mol. The van der Waals surface area contributed by atoms with Gasteiger partial charge in [0, 0.05) is 58.0 Å². The van der Waals surface area contributed by atoms with Crippen LogP contribution in [-0.4, -0.2) is 39.9 Å². The van der Waals surface area contributed by atoms with Crippen LogP contribution in [0.4, 0.5) is 4.39 Å². The minimum Gasteiger partial charge on any atom is -0.490 e. The number of fused-ring (bicyclic) bond motifs is 3.